The number of nitrogens with zero attached hydrogens (tertiary/aromatic N) is 6. The number of hydrogen-bond acceptors (Lipinski definition) is 9. The van der Waals surface area contributed by atoms with Crippen LogP contribution in [-0.4, -0.2) is 84.0 Å². The number of hydrogen-bond donors (Lipinski definition) is 1. The molecular weight excluding hydrogens is 398 g/mol. The molecule has 31 heavy (non-hydrogen) atoms. The van der Waals surface area contributed by atoms with Crippen molar-refractivity contribution in [2.24, 2.45) is 5.92 Å². The third-order valence-electron chi connectivity index (χ3n) is 6.36. The Labute approximate surface area is 181 Å². The van der Waals surface area contributed by atoms with Gasteiger partial charge in [0.15, 0.2) is 0 Å². The standard InChI is InChI=1S/C21H29N7O3/c1-30-21-24-19(22-5-6-26-7-9-31-10-8-26)23-20(25-21)27-12-15-11-16(14-27)17-3-2-4-18(29)28(17)13-15/h2-4,15-16H,5-14H2,1H3,(H,22,23,24,25)/t15-,16+/m1/s1. The number of piperidine rings is 1. The molecule has 0 saturated carbocycles. The Kier molecular flexibility index (Phi) is 5.73. The van der Waals surface area contributed by atoms with Crippen LogP contribution >= 0.6 is 0 Å². The molecule has 166 valence electrons. The lowest BCUT2D eigenvalue weighted by Gasteiger charge is -2.42. The van der Waals surface area contributed by atoms with Gasteiger partial charge in [-0.05, 0) is 18.4 Å². The molecule has 5 rings (SSSR count). The molecule has 0 spiro atoms. The van der Waals surface area contributed by atoms with Crippen LogP contribution in [0.4, 0.5) is 11.9 Å². The summed E-state index contributed by atoms with van der Waals surface area (Å²) in [7, 11) is 1.57. The number of pyridine rings is 1. The fourth-order valence-corrected chi connectivity index (χ4v) is 4.87. The van der Waals surface area contributed by atoms with Gasteiger partial charge in [-0.3, -0.25) is 9.69 Å². The van der Waals surface area contributed by atoms with Crippen molar-refractivity contribution in [3.63, 3.8) is 0 Å². The van der Waals surface area contributed by atoms with E-state index in [-0.39, 0.29) is 5.56 Å². The Morgan fingerprint density at radius 1 is 1.16 bits per heavy atom. The van der Waals surface area contributed by atoms with Crippen LogP contribution in [-0.2, 0) is 11.3 Å². The van der Waals surface area contributed by atoms with Crippen LogP contribution in [0.25, 0.3) is 0 Å². The minimum atomic E-state index is 0.0919. The minimum absolute atomic E-state index is 0.0919. The molecule has 2 atom stereocenters. The molecule has 2 fully saturated rings. The molecule has 0 aliphatic carbocycles. The second kappa shape index (κ2) is 8.80. The summed E-state index contributed by atoms with van der Waals surface area (Å²) < 4.78 is 12.7. The number of anilines is 2. The predicted molar refractivity (Wildman–Crippen MR) is 116 cm³/mol. The first-order valence-electron chi connectivity index (χ1n) is 11.0. The van der Waals surface area contributed by atoms with Crippen molar-refractivity contribution in [1.82, 2.24) is 24.4 Å². The number of aromatic nitrogens is 4. The number of rotatable bonds is 6. The normalized spacial score (nSPS) is 23.3. The maximum absolute atomic E-state index is 12.3. The number of ether oxygens (including phenoxy) is 2. The van der Waals surface area contributed by atoms with Crippen LogP contribution < -0.4 is 20.5 Å². The Morgan fingerprint density at radius 2 is 2.03 bits per heavy atom. The Balaban J connectivity index is 1.31. The zero-order valence-corrected chi connectivity index (χ0v) is 17.9. The van der Waals surface area contributed by atoms with Gasteiger partial charge in [0, 0.05) is 63.5 Å². The number of methoxy groups -OCH3 is 1. The van der Waals surface area contributed by atoms with E-state index in [9.17, 15) is 4.79 Å². The number of nitrogens with one attached hydrogen (secondary N) is 1. The van der Waals surface area contributed by atoms with Crippen LogP contribution in [0.1, 0.15) is 18.0 Å². The topological polar surface area (TPSA) is 97.6 Å². The van der Waals surface area contributed by atoms with E-state index >= 15 is 0 Å². The number of morpholine rings is 1. The lowest BCUT2D eigenvalue weighted by atomic mass is 9.83. The first kappa shape index (κ1) is 20.2. The van der Waals surface area contributed by atoms with E-state index in [1.54, 1.807) is 13.2 Å². The van der Waals surface area contributed by atoms with E-state index < -0.39 is 0 Å². The van der Waals surface area contributed by atoms with Crippen LogP contribution in [0.5, 0.6) is 6.01 Å². The summed E-state index contributed by atoms with van der Waals surface area (Å²) in [5.41, 5.74) is 1.20. The Morgan fingerprint density at radius 3 is 2.87 bits per heavy atom. The zero-order chi connectivity index (χ0) is 21.2. The summed E-state index contributed by atoms with van der Waals surface area (Å²) >= 11 is 0. The van der Waals surface area contributed by atoms with Gasteiger partial charge in [0.25, 0.3) is 5.56 Å². The van der Waals surface area contributed by atoms with Crippen molar-refractivity contribution >= 4 is 11.9 Å². The fourth-order valence-electron chi connectivity index (χ4n) is 4.87. The summed E-state index contributed by atoms with van der Waals surface area (Å²) in [6, 6.07) is 5.88. The van der Waals surface area contributed by atoms with Crippen molar-refractivity contribution in [2.75, 3.05) is 69.8 Å². The number of fused-ring (bicyclic) bond motifs is 4. The second-order valence-corrected chi connectivity index (χ2v) is 8.43. The van der Waals surface area contributed by atoms with Gasteiger partial charge in [0.05, 0.1) is 20.3 Å². The monoisotopic (exact) mass is 427 g/mol. The second-order valence-electron chi connectivity index (χ2n) is 8.43. The van der Waals surface area contributed by atoms with Crippen LogP contribution in [0.15, 0.2) is 23.0 Å². The van der Waals surface area contributed by atoms with Gasteiger partial charge in [-0.2, -0.15) is 15.0 Å². The lowest BCUT2D eigenvalue weighted by molar-refractivity contribution is 0.0398. The third-order valence-corrected chi connectivity index (χ3v) is 6.36. The largest absolute Gasteiger partial charge is 0.467 e. The summed E-state index contributed by atoms with van der Waals surface area (Å²) in [6.07, 6.45) is 1.09. The van der Waals surface area contributed by atoms with Gasteiger partial charge >= 0.3 is 6.01 Å². The van der Waals surface area contributed by atoms with E-state index in [2.05, 4.69) is 36.1 Å². The molecule has 2 bridgehead atoms. The highest BCUT2D eigenvalue weighted by Gasteiger charge is 2.35. The van der Waals surface area contributed by atoms with E-state index in [4.69, 9.17) is 9.47 Å². The molecule has 3 aliphatic rings. The maximum Gasteiger partial charge on any atom is 0.322 e. The molecular formula is C21H29N7O3. The van der Waals surface area contributed by atoms with Gasteiger partial charge in [0.2, 0.25) is 11.9 Å². The van der Waals surface area contributed by atoms with Crippen molar-refractivity contribution in [2.45, 2.75) is 18.9 Å². The van der Waals surface area contributed by atoms with Crippen LogP contribution in [0, 0.1) is 5.92 Å². The molecule has 0 amide bonds. The molecule has 0 aromatic carbocycles. The van der Waals surface area contributed by atoms with Gasteiger partial charge in [-0.1, -0.05) is 6.07 Å². The molecule has 10 heteroatoms. The highest BCUT2D eigenvalue weighted by atomic mass is 16.5. The quantitative estimate of drug-likeness (QED) is 0.703. The van der Waals surface area contributed by atoms with E-state index in [0.717, 1.165) is 71.1 Å². The van der Waals surface area contributed by atoms with Crippen molar-refractivity contribution in [1.29, 1.82) is 0 Å². The van der Waals surface area contributed by atoms with Crippen molar-refractivity contribution in [3.05, 3.63) is 34.2 Å². The van der Waals surface area contributed by atoms with E-state index in [1.807, 2.05) is 10.6 Å². The van der Waals surface area contributed by atoms with Gasteiger partial charge in [0.1, 0.15) is 0 Å². The Bertz CT molecular complexity index is 976. The van der Waals surface area contributed by atoms with E-state index in [1.165, 1.54) is 0 Å². The first-order valence-corrected chi connectivity index (χ1v) is 11.0. The summed E-state index contributed by atoms with van der Waals surface area (Å²) in [6.45, 7) is 7.48. The molecule has 3 aliphatic heterocycles. The third kappa shape index (κ3) is 4.35. The molecule has 0 unspecified atom stereocenters. The SMILES string of the molecule is COc1nc(NCCN2CCOCC2)nc(N2C[C@H]3C[C@@H](C2)c2cccc(=O)n2C3)n1. The van der Waals surface area contributed by atoms with Crippen LogP contribution in [0.3, 0.4) is 0 Å². The lowest BCUT2D eigenvalue weighted by Crippen LogP contribution is -2.47. The average molecular weight is 428 g/mol. The molecule has 5 heterocycles. The molecule has 0 radical (unpaired) electrons. The fraction of sp³-hybridized carbons (Fsp3) is 0.619. The average Bonchev–Trinajstić information content (AvgIpc) is 2.80. The van der Waals surface area contributed by atoms with Crippen molar-refractivity contribution < 1.29 is 9.47 Å². The molecule has 10 nitrogen and oxygen atoms in total. The minimum Gasteiger partial charge on any atom is -0.467 e. The predicted octanol–water partition coefficient (Wildman–Crippen LogP) is 0.410. The van der Waals surface area contributed by atoms with Gasteiger partial charge < -0.3 is 24.3 Å². The van der Waals surface area contributed by atoms with Gasteiger partial charge in [-0.15, -0.1) is 0 Å². The Hall–Kier alpha value is -2.72. The highest BCUT2D eigenvalue weighted by molar-refractivity contribution is 5.40. The smallest absolute Gasteiger partial charge is 0.322 e. The summed E-state index contributed by atoms with van der Waals surface area (Å²) in [5, 5.41) is 3.32. The van der Waals surface area contributed by atoms with Crippen molar-refractivity contribution in [3.8, 4) is 6.01 Å². The maximum atomic E-state index is 12.3. The van der Waals surface area contributed by atoms with E-state index in [0.29, 0.717) is 29.7 Å². The zero-order valence-electron chi connectivity index (χ0n) is 17.9. The molecule has 2 aromatic rings. The molecule has 2 aromatic heterocycles. The first-order chi connectivity index (χ1) is 15.2. The molecule has 2 saturated heterocycles. The summed E-state index contributed by atoms with van der Waals surface area (Å²) in [4.78, 5) is 30.4. The van der Waals surface area contributed by atoms with Crippen LogP contribution in [0.2, 0.25) is 0 Å². The summed E-state index contributed by atoms with van der Waals surface area (Å²) in [5.74, 6) is 1.85. The molecule has 1 N–H and O–H groups in total. The van der Waals surface area contributed by atoms with Gasteiger partial charge in [-0.25, -0.2) is 0 Å². The highest BCUT2D eigenvalue weighted by Crippen LogP contribution is 2.36.